The van der Waals surface area contributed by atoms with Gasteiger partial charge in [0.2, 0.25) is 5.91 Å². The molecule has 0 aromatic rings. The van der Waals surface area contributed by atoms with Gasteiger partial charge in [0.25, 0.3) is 0 Å². The zero-order chi connectivity index (χ0) is 48.9. The molecular weight excluding hydrogens is 859 g/mol. The van der Waals surface area contributed by atoms with Gasteiger partial charge in [0, 0.05) is 6.42 Å². The third-order valence-corrected chi connectivity index (χ3v) is 12.1. The van der Waals surface area contributed by atoms with Crippen LogP contribution in [-0.4, -0.2) is 140 Å². The van der Waals surface area contributed by atoms with E-state index in [4.69, 9.17) is 18.9 Å². The Hall–Kier alpha value is -2.57. The fourth-order valence-electron chi connectivity index (χ4n) is 7.96. The lowest BCUT2D eigenvalue weighted by Gasteiger charge is -2.46. The van der Waals surface area contributed by atoms with E-state index in [2.05, 4.69) is 79.9 Å². The highest BCUT2D eigenvalue weighted by Crippen LogP contribution is 2.30. The number of amides is 1. The molecule has 1 amide bonds. The third-order valence-electron chi connectivity index (χ3n) is 12.1. The molecule has 0 spiro atoms. The summed E-state index contributed by atoms with van der Waals surface area (Å²) in [7, 11) is 0. The third kappa shape index (κ3) is 26.3. The molecule has 14 nitrogen and oxygen atoms in total. The largest absolute Gasteiger partial charge is 0.394 e. The van der Waals surface area contributed by atoms with Gasteiger partial charge in [-0.2, -0.15) is 0 Å². The van der Waals surface area contributed by atoms with Gasteiger partial charge in [-0.15, -0.1) is 0 Å². The molecule has 12 atom stereocenters. The predicted octanol–water partition coefficient (Wildman–Crippen LogP) is 6.82. The van der Waals surface area contributed by atoms with Gasteiger partial charge in [-0.1, -0.05) is 164 Å². The molecule has 2 saturated heterocycles. The highest BCUT2D eigenvalue weighted by molar-refractivity contribution is 5.76. The van der Waals surface area contributed by atoms with Gasteiger partial charge in [-0.25, -0.2) is 0 Å². The Balaban J connectivity index is 1.73. The van der Waals surface area contributed by atoms with E-state index in [1.165, 1.54) is 51.4 Å². The number of ether oxygens (including phenoxy) is 4. The molecule has 0 bridgehead atoms. The first kappa shape index (κ1) is 60.6. The van der Waals surface area contributed by atoms with Crippen molar-refractivity contribution in [1.82, 2.24) is 5.32 Å². The van der Waals surface area contributed by atoms with Gasteiger partial charge in [-0.05, 0) is 64.2 Å². The summed E-state index contributed by atoms with van der Waals surface area (Å²) in [5, 5.41) is 86.5. The minimum atomic E-state index is -1.79. The Morgan fingerprint density at radius 2 is 1.03 bits per heavy atom. The smallest absolute Gasteiger partial charge is 0.220 e. The standard InChI is InChI=1S/C53H91NO13/c1-3-5-7-9-11-13-14-15-16-17-18-19-20-21-22-23-24-25-26-27-28-29-31-33-35-37-45(58)54-41(42(57)36-34-32-30-12-10-8-6-4-2)40-64-52-50(63)48(61)51(44(39-56)66-52)67-53-49(62)47(60)46(59)43(38-55)65-53/h5,7,11,13,15-16,18-19,21-22,34,36,41-44,46-53,55-57,59-63H,3-4,6,8-10,12,14,17,20,23-33,35,37-40H2,1-2H3,(H,54,58)/b7-5-,13-11-,16-15-,19-18-,22-21-,36-34+. The molecule has 9 N–H and O–H groups in total. The lowest BCUT2D eigenvalue weighted by atomic mass is 9.97. The fraction of sp³-hybridized carbons (Fsp3) is 0.755. The highest BCUT2D eigenvalue weighted by Gasteiger charge is 2.51. The van der Waals surface area contributed by atoms with Gasteiger partial charge < -0.3 is 65.1 Å². The molecule has 67 heavy (non-hydrogen) atoms. The van der Waals surface area contributed by atoms with Gasteiger partial charge in [-0.3, -0.25) is 4.79 Å². The molecule has 386 valence electrons. The Morgan fingerprint density at radius 3 is 1.58 bits per heavy atom. The maximum atomic E-state index is 13.1. The molecule has 12 unspecified atom stereocenters. The maximum absolute atomic E-state index is 13.1. The number of allylic oxidation sites excluding steroid dienone is 11. The van der Waals surface area contributed by atoms with Crippen molar-refractivity contribution in [3.63, 3.8) is 0 Å². The van der Waals surface area contributed by atoms with E-state index in [-0.39, 0.29) is 18.9 Å². The van der Waals surface area contributed by atoms with E-state index in [1.807, 2.05) is 6.08 Å². The van der Waals surface area contributed by atoms with Crippen LogP contribution in [0.15, 0.2) is 72.9 Å². The SMILES string of the molecule is CC/C=C\C/C=C\C/C=C\C/C=C\C/C=C\CCCCCCCCCCCC(=O)NC(COC1OC(CO)C(OC2OC(CO)C(O)C(O)C2O)C(O)C1O)C(O)/C=C/CCCCCCCC. The molecule has 0 saturated carbocycles. The summed E-state index contributed by atoms with van der Waals surface area (Å²) >= 11 is 0. The normalized spacial score (nSPS) is 27.2. The van der Waals surface area contributed by atoms with Crippen molar-refractivity contribution in [1.29, 1.82) is 0 Å². The number of carbonyl (C=O) groups is 1. The minimum Gasteiger partial charge on any atom is -0.394 e. The summed E-state index contributed by atoms with van der Waals surface area (Å²) < 4.78 is 22.6. The van der Waals surface area contributed by atoms with Crippen molar-refractivity contribution in [2.45, 2.75) is 235 Å². The van der Waals surface area contributed by atoms with Crippen LogP contribution >= 0.6 is 0 Å². The molecule has 0 radical (unpaired) electrons. The van der Waals surface area contributed by atoms with E-state index in [1.54, 1.807) is 6.08 Å². The lowest BCUT2D eigenvalue weighted by Crippen LogP contribution is -2.65. The Labute approximate surface area is 402 Å². The Bertz CT molecular complexity index is 1400. The average Bonchev–Trinajstić information content (AvgIpc) is 3.32. The lowest BCUT2D eigenvalue weighted by molar-refractivity contribution is -0.359. The van der Waals surface area contributed by atoms with Crippen LogP contribution in [-0.2, 0) is 23.7 Å². The zero-order valence-corrected chi connectivity index (χ0v) is 40.9. The van der Waals surface area contributed by atoms with Crippen LogP contribution in [0.3, 0.4) is 0 Å². The molecule has 0 aromatic heterocycles. The van der Waals surface area contributed by atoms with E-state index >= 15 is 0 Å². The first-order valence-electron chi connectivity index (χ1n) is 25.7. The predicted molar refractivity (Wildman–Crippen MR) is 263 cm³/mol. The number of hydrogen-bond donors (Lipinski definition) is 9. The molecule has 0 aliphatic carbocycles. The first-order chi connectivity index (χ1) is 32.6. The second-order valence-electron chi connectivity index (χ2n) is 17.9. The van der Waals surface area contributed by atoms with Crippen LogP contribution in [0, 0.1) is 0 Å². The highest BCUT2D eigenvalue weighted by atomic mass is 16.7. The number of carbonyl (C=O) groups excluding carboxylic acids is 1. The van der Waals surface area contributed by atoms with E-state index in [0.29, 0.717) is 6.42 Å². The van der Waals surface area contributed by atoms with Crippen LogP contribution in [0.1, 0.15) is 162 Å². The molecule has 14 heteroatoms. The van der Waals surface area contributed by atoms with Crippen molar-refractivity contribution < 1.29 is 64.6 Å². The quantitative estimate of drug-likeness (QED) is 0.0229. The first-order valence-corrected chi connectivity index (χ1v) is 25.7. The summed E-state index contributed by atoms with van der Waals surface area (Å²) in [6, 6.07) is -0.919. The number of aliphatic hydroxyl groups is 8. The summed E-state index contributed by atoms with van der Waals surface area (Å²) in [6.07, 6.45) is 32.5. The van der Waals surface area contributed by atoms with Crippen molar-refractivity contribution >= 4 is 5.91 Å². The van der Waals surface area contributed by atoms with Gasteiger partial charge in [0.1, 0.15) is 48.8 Å². The van der Waals surface area contributed by atoms with Crippen LogP contribution in [0.5, 0.6) is 0 Å². The van der Waals surface area contributed by atoms with Crippen molar-refractivity contribution in [2.75, 3.05) is 19.8 Å². The van der Waals surface area contributed by atoms with Crippen LogP contribution in [0.25, 0.3) is 0 Å². The van der Waals surface area contributed by atoms with Gasteiger partial charge in [0.05, 0.1) is 32.0 Å². The zero-order valence-electron chi connectivity index (χ0n) is 40.9. The molecule has 2 aliphatic heterocycles. The second-order valence-corrected chi connectivity index (χ2v) is 17.9. The van der Waals surface area contributed by atoms with Crippen molar-refractivity contribution in [3.05, 3.63) is 72.9 Å². The summed E-state index contributed by atoms with van der Waals surface area (Å²) in [5.41, 5.74) is 0. The molecule has 2 heterocycles. The summed E-state index contributed by atoms with van der Waals surface area (Å²) in [4.78, 5) is 13.1. The summed E-state index contributed by atoms with van der Waals surface area (Å²) in [6.45, 7) is 2.60. The van der Waals surface area contributed by atoms with Crippen LogP contribution < -0.4 is 5.32 Å². The topological polar surface area (TPSA) is 228 Å². The minimum absolute atomic E-state index is 0.254. The van der Waals surface area contributed by atoms with E-state index < -0.39 is 86.8 Å². The number of unbranched alkanes of at least 4 members (excludes halogenated alkanes) is 15. The second kappa shape index (κ2) is 39.2. The van der Waals surface area contributed by atoms with Crippen LogP contribution in [0.4, 0.5) is 0 Å². The average molecular weight is 950 g/mol. The van der Waals surface area contributed by atoms with E-state index in [0.717, 1.165) is 83.5 Å². The Kier molecular flexibility index (Phi) is 35.4. The molecule has 0 aromatic carbocycles. The van der Waals surface area contributed by atoms with Crippen molar-refractivity contribution in [3.8, 4) is 0 Å². The number of aliphatic hydroxyl groups excluding tert-OH is 8. The summed E-state index contributed by atoms with van der Waals surface area (Å²) in [5.74, 6) is -0.254. The van der Waals surface area contributed by atoms with E-state index in [9.17, 15) is 45.6 Å². The monoisotopic (exact) mass is 950 g/mol. The molecule has 2 aliphatic rings. The van der Waals surface area contributed by atoms with Gasteiger partial charge in [0.15, 0.2) is 12.6 Å². The molecule has 2 rings (SSSR count). The molecular formula is C53H91NO13. The maximum Gasteiger partial charge on any atom is 0.220 e. The number of hydrogen-bond acceptors (Lipinski definition) is 13. The number of rotatable bonds is 38. The van der Waals surface area contributed by atoms with Gasteiger partial charge >= 0.3 is 0 Å². The van der Waals surface area contributed by atoms with Crippen LogP contribution in [0.2, 0.25) is 0 Å². The molecule has 2 fully saturated rings. The Morgan fingerprint density at radius 1 is 0.552 bits per heavy atom. The fourth-order valence-corrected chi connectivity index (χ4v) is 7.96. The van der Waals surface area contributed by atoms with Crippen molar-refractivity contribution in [2.24, 2.45) is 0 Å². The number of nitrogens with one attached hydrogen (secondary N) is 1.